The number of carboxylic acids is 1. The Balaban J connectivity index is 2.46. The second-order valence-corrected chi connectivity index (χ2v) is 5.76. The number of thioether (sulfide) groups is 1. The molecule has 0 aromatic heterocycles. The third-order valence-electron chi connectivity index (χ3n) is 3.22. The lowest BCUT2D eigenvalue weighted by atomic mass is 10.1. The molecule has 1 saturated heterocycles. The first-order valence-electron chi connectivity index (χ1n) is 6.40. The van der Waals surface area contributed by atoms with Crippen molar-refractivity contribution in [3.05, 3.63) is 0 Å². The molecular formula is C12H22N2O3S. The molecule has 104 valence electrons. The molecule has 0 spiro atoms. The molecule has 6 heteroatoms. The second-order valence-electron chi connectivity index (χ2n) is 4.61. The summed E-state index contributed by atoms with van der Waals surface area (Å²) in [7, 11) is 1.74. The Bertz CT molecular complexity index is 293. The third-order valence-corrected chi connectivity index (χ3v) is 4.36. The molecule has 2 amide bonds. The zero-order chi connectivity index (χ0) is 13.5. The van der Waals surface area contributed by atoms with Crippen molar-refractivity contribution in [2.45, 2.75) is 44.7 Å². The van der Waals surface area contributed by atoms with E-state index in [9.17, 15) is 9.59 Å². The molecule has 0 saturated carbocycles. The number of carbonyl (C=O) groups excluding carboxylic acids is 1. The van der Waals surface area contributed by atoms with E-state index in [2.05, 4.69) is 5.32 Å². The van der Waals surface area contributed by atoms with Crippen LogP contribution in [0.1, 0.15) is 32.6 Å². The highest BCUT2D eigenvalue weighted by Crippen LogP contribution is 2.21. The van der Waals surface area contributed by atoms with E-state index in [0.29, 0.717) is 6.42 Å². The number of carbonyl (C=O) groups is 2. The van der Waals surface area contributed by atoms with Crippen molar-refractivity contribution in [3.63, 3.8) is 0 Å². The summed E-state index contributed by atoms with van der Waals surface area (Å²) in [5.74, 6) is 1.06. The molecular weight excluding hydrogens is 252 g/mol. The van der Waals surface area contributed by atoms with E-state index >= 15 is 0 Å². The fourth-order valence-corrected chi connectivity index (χ4v) is 3.18. The number of carboxylic acid groups (broad SMARTS) is 1. The highest BCUT2D eigenvalue weighted by molar-refractivity contribution is 7.99. The number of amides is 2. The molecule has 0 aliphatic carbocycles. The van der Waals surface area contributed by atoms with Crippen molar-refractivity contribution in [2.75, 3.05) is 18.6 Å². The number of rotatable bonds is 6. The molecule has 1 fully saturated rings. The highest BCUT2D eigenvalue weighted by atomic mass is 32.2. The Morgan fingerprint density at radius 2 is 2.28 bits per heavy atom. The van der Waals surface area contributed by atoms with Gasteiger partial charge in [-0.1, -0.05) is 19.8 Å². The van der Waals surface area contributed by atoms with Crippen molar-refractivity contribution < 1.29 is 14.7 Å². The fraction of sp³-hybridized carbons (Fsp3) is 0.833. The first-order chi connectivity index (χ1) is 8.56. The molecule has 1 rings (SSSR count). The fourth-order valence-electron chi connectivity index (χ4n) is 1.91. The Labute approximate surface area is 112 Å². The van der Waals surface area contributed by atoms with Gasteiger partial charge in [0.15, 0.2) is 0 Å². The predicted octanol–water partition coefficient (Wildman–Crippen LogP) is 1.78. The summed E-state index contributed by atoms with van der Waals surface area (Å²) in [5.41, 5.74) is 0. The van der Waals surface area contributed by atoms with Crippen LogP contribution >= 0.6 is 11.8 Å². The van der Waals surface area contributed by atoms with Crippen LogP contribution in [0.25, 0.3) is 0 Å². The van der Waals surface area contributed by atoms with E-state index in [1.165, 1.54) is 0 Å². The number of nitrogens with one attached hydrogen (secondary N) is 1. The number of urea groups is 1. The van der Waals surface area contributed by atoms with Gasteiger partial charge in [-0.2, -0.15) is 11.8 Å². The van der Waals surface area contributed by atoms with Crippen LogP contribution in [0.2, 0.25) is 0 Å². The lowest BCUT2D eigenvalue weighted by Crippen LogP contribution is -2.49. The Kier molecular flexibility index (Phi) is 6.32. The van der Waals surface area contributed by atoms with Gasteiger partial charge in [-0.3, -0.25) is 0 Å². The summed E-state index contributed by atoms with van der Waals surface area (Å²) in [6, 6.07) is -0.810. The lowest BCUT2D eigenvalue weighted by Gasteiger charge is -2.26. The molecule has 5 nitrogen and oxygen atoms in total. The summed E-state index contributed by atoms with van der Waals surface area (Å²) < 4.78 is 0. The molecule has 0 aromatic carbocycles. The van der Waals surface area contributed by atoms with Gasteiger partial charge in [0.25, 0.3) is 0 Å². The number of nitrogens with zero attached hydrogens (tertiary/aromatic N) is 1. The van der Waals surface area contributed by atoms with Crippen molar-refractivity contribution in [1.82, 2.24) is 10.2 Å². The van der Waals surface area contributed by atoms with E-state index in [-0.39, 0.29) is 12.1 Å². The summed E-state index contributed by atoms with van der Waals surface area (Å²) in [6.07, 6.45) is 3.21. The molecule has 1 unspecified atom stereocenters. The number of hydrogen-bond acceptors (Lipinski definition) is 3. The molecule has 0 radical (unpaired) electrons. The molecule has 18 heavy (non-hydrogen) atoms. The molecule has 1 aliphatic heterocycles. The van der Waals surface area contributed by atoms with Crippen LogP contribution in [0.15, 0.2) is 0 Å². The van der Waals surface area contributed by atoms with Crippen molar-refractivity contribution >= 4 is 23.8 Å². The molecule has 0 aromatic rings. The van der Waals surface area contributed by atoms with Gasteiger partial charge in [-0.15, -0.1) is 0 Å². The second kappa shape index (κ2) is 7.51. The maximum Gasteiger partial charge on any atom is 0.326 e. The van der Waals surface area contributed by atoms with Gasteiger partial charge in [-0.05, 0) is 18.6 Å². The number of unbranched alkanes of at least 4 members (excludes halogenated alkanes) is 1. The summed E-state index contributed by atoms with van der Waals surface area (Å²) in [6.45, 7) is 2.00. The van der Waals surface area contributed by atoms with Gasteiger partial charge in [0.2, 0.25) is 0 Å². The average molecular weight is 274 g/mol. The minimum atomic E-state index is -0.953. The van der Waals surface area contributed by atoms with Crippen LogP contribution in [0.5, 0.6) is 0 Å². The molecule has 2 N–H and O–H groups in total. The Morgan fingerprint density at radius 1 is 1.56 bits per heavy atom. The topological polar surface area (TPSA) is 69.6 Å². The standard InChI is InChI=1S/C12H22N2O3S/c1-3-4-5-10(11(15)16)13-12(17)14(2)9-6-7-18-8-9/h9-10H,3-8H2,1-2H3,(H,13,17)(H,15,16)/t9?,10-/m0/s1. The Hall–Kier alpha value is -0.910. The van der Waals surface area contributed by atoms with Gasteiger partial charge >= 0.3 is 12.0 Å². The quantitative estimate of drug-likeness (QED) is 0.774. The SMILES string of the molecule is CCCC[C@H](NC(=O)N(C)C1CCSC1)C(=O)O. The van der Waals surface area contributed by atoms with Crippen LogP contribution < -0.4 is 5.32 Å². The van der Waals surface area contributed by atoms with Crippen LogP contribution in [0, 0.1) is 0 Å². The van der Waals surface area contributed by atoms with E-state index in [1.54, 1.807) is 11.9 Å². The number of hydrogen-bond donors (Lipinski definition) is 2. The van der Waals surface area contributed by atoms with Crippen LogP contribution in [-0.2, 0) is 4.79 Å². The summed E-state index contributed by atoms with van der Waals surface area (Å²) >= 11 is 1.83. The lowest BCUT2D eigenvalue weighted by molar-refractivity contribution is -0.139. The van der Waals surface area contributed by atoms with Gasteiger partial charge in [-0.25, -0.2) is 9.59 Å². The van der Waals surface area contributed by atoms with Crippen LogP contribution in [0.3, 0.4) is 0 Å². The highest BCUT2D eigenvalue weighted by Gasteiger charge is 2.27. The van der Waals surface area contributed by atoms with E-state index in [4.69, 9.17) is 5.11 Å². The maximum atomic E-state index is 12.0. The summed E-state index contributed by atoms with van der Waals surface area (Å²) in [4.78, 5) is 24.6. The van der Waals surface area contributed by atoms with E-state index < -0.39 is 12.0 Å². The molecule has 0 bridgehead atoms. The van der Waals surface area contributed by atoms with Crippen molar-refractivity contribution in [3.8, 4) is 0 Å². The average Bonchev–Trinajstić information content (AvgIpc) is 2.86. The first-order valence-corrected chi connectivity index (χ1v) is 7.55. The Morgan fingerprint density at radius 3 is 2.78 bits per heavy atom. The van der Waals surface area contributed by atoms with Gasteiger partial charge in [0, 0.05) is 18.8 Å². The smallest absolute Gasteiger partial charge is 0.326 e. The predicted molar refractivity (Wildman–Crippen MR) is 73.0 cm³/mol. The van der Waals surface area contributed by atoms with E-state index in [0.717, 1.165) is 30.8 Å². The number of aliphatic carboxylic acids is 1. The third kappa shape index (κ3) is 4.40. The van der Waals surface area contributed by atoms with Gasteiger partial charge in [0.05, 0.1) is 0 Å². The largest absolute Gasteiger partial charge is 0.480 e. The minimum Gasteiger partial charge on any atom is -0.480 e. The maximum absolute atomic E-state index is 12.0. The monoisotopic (exact) mass is 274 g/mol. The molecule has 2 atom stereocenters. The summed E-state index contributed by atoms with van der Waals surface area (Å²) in [5, 5.41) is 11.7. The van der Waals surface area contributed by atoms with E-state index in [1.807, 2.05) is 18.7 Å². The first kappa shape index (κ1) is 15.1. The van der Waals surface area contributed by atoms with Gasteiger partial charge < -0.3 is 15.3 Å². The zero-order valence-electron chi connectivity index (χ0n) is 11.0. The van der Waals surface area contributed by atoms with Crippen molar-refractivity contribution in [1.29, 1.82) is 0 Å². The molecule has 1 aliphatic rings. The van der Waals surface area contributed by atoms with Gasteiger partial charge in [0.1, 0.15) is 6.04 Å². The minimum absolute atomic E-state index is 0.232. The van der Waals surface area contributed by atoms with Crippen LogP contribution in [0.4, 0.5) is 4.79 Å². The van der Waals surface area contributed by atoms with Crippen molar-refractivity contribution in [2.24, 2.45) is 0 Å². The van der Waals surface area contributed by atoms with Crippen LogP contribution in [-0.4, -0.2) is 52.6 Å². The zero-order valence-corrected chi connectivity index (χ0v) is 11.8. The molecule has 1 heterocycles. The normalized spacial score (nSPS) is 20.4.